The number of amides is 2. The van der Waals surface area contributed by atoms with Crippen molar-refractivity contribution in [3.8, 4) is 0 Å². The van der Waals surface area contributed by atoms with Crippen LogP contribution in [-0.4, -0.2) is 22.5 Å². The number of furan rings is 1. The molecule has 1 aliphatic rings. The van der Waals surface area contributed by atoms with Crippen LogP contribution in [0.3, 0.4) is 0 Å². The van der Waals surface area contributed by atoms with Crippen molar-refractivity contribution in [3.05, 3.63) is 94.4 Å². The minimum atomic E-state index is -0.0933. The maximum atomic E-state index is 12.9. The molecular formula is C26H28N2O3S. The molecule has 2 aromatic carbocycles. The Bertz CT molecular complexity index is 1090. The fourth-order valence-corrected chi connectivity index (χ4v) is 5.10. The van der Waals surface area contributed by atoms with Crippen molar-refractivity contribution in [2.75, 3.05) is 5.75 Å². The van der Waals surface area contributed by atoms with Crippen LogP contribution in [0.25, 0.3) is 0 Å². The Balaban J connectivity index is 1.46. The lowest BCUT2D eigenvalue weighted by Gasteiger charge is -2.23. The molecule has 0 unspecified atom stereocenters. The molecule has 1 fully saturated rings. The third-order valence-corrected chi connectivity index (χ3v) is 7.24. The van der Waals surface area contributed by atoms with Crippen LogP contribution in [0.1, 0.15) is 63.1 Å². The summed E-state index contributed by atoms with van der Waals surface area (Å²) in [4.78, 5) is 27.1. The molecule has 5 nitrogen and oxygen atoms in total. The summed E-state index contributed by atoms with van der Waals surface area (Å²) < 4.78 is 5.42. The van der Waals surface area contributed by atoms with Gasteiger partial charge in [0, 0.05) is 5.56 Å². The molecule has 0 saturated carbocycles. The van der Waals surface area contributed by atoms with Crippen LogP contribution >= 0.6 is 11.8 Å². The predicted octanol–water partition coefficient (Wildman–Crippen LogP) is 5.55. The minimum absolute atomic E-state index is 0.0340. The summed E-state index contributed by atoms with van der Waals surface area (Å²) in [5.74, 6) is 1.21. The van der Waals surface area contributed by atoms with E-state index in [9.17, 15) is 9.59 Å². The van der Waals surface area contributed by atoms with E-state index in [1.807, 2.05) is 41.3 Å². The SMILES string of the molecule is CC[C@@H](NC(=O)c1ccc([C@H]2SCC(=O)N2Cc2ccco2)cc1)c1ccc(C)c(C)c1. The third-order valence-electron chi connectivity index (χ3n) is 5.98. The third kappa shape index (κ3) is 4.75. The monoisotopic (exact) mass is 448 g/mol. The second kappa shape index (κ2) is 9.65. The van der Waals surface area contributed by atoms with Crippen LogP contribution in [0.5, 0.6) is 0 Å². The Kier molecular flexibility index (Phi) is 6.70. The van der Waals surface area contributed by atoms with Crippen molar-refractivity contribution < 1.29 is 14.0 Å². The quantitative estimate of drug-likeness (QED) is 0.515. The highest BCUT2D eigenvalue weighted by molar-refractivity contribution is 8.00. The Morgan fingerprint density at radius 3 is 2.59 bits per heavy atom. The average molecular weight is 449 g/mol. The lowest BCUT2D eigenvalue weighted by atomic mass is 9.99. The molecule has 2 atom stereocenters. The van der Waals surface area contributed by atoms with Crippen LogP contribution in [0.2, 0.25) is 0 Å². The Hall–Kier alpha value is -2.99. The molecule has 1 aromatic heterocycles. The first-order chi connectivity index (χ1) is 15.5. The zero-order valence-electron chi connectivity index (χ0n) is 18.6. The lowest BCUT2D eigenvalue weighted by molar-refractivity contribution is -0.128. The van der Waals surface area contributed by atoms with Gasteiger partial charge < -0.3 is 14.6 Å². The van der Waals surface area contributed by atoms with Crippen LogP contribution in [-0.2, 0) is 11.3 Å². The second-order valence-corrected chi connectivity index (χ2v) is 9.23. The fraction of sp³-hybridized carbons (Fsp3) is 0.308. The molecule has 2 heterocycles. The summed E-state index contributed by atoms with van der Waals surface area (Å²) in [6.45, 7) is 6.70. The first-order valence-electron chi connectivity index (χ1n) is 10.9. The number of rotatable bonds is 7. The van der Waals surface area contributed by atoms with Crippen molar-refractivity contribution in [1.82, 2.24) is 10.2 Å². The van der Waals surface area contributed by atoms with Crippen LogP contribution in [0.15, 0.2) is 65.3 Å². The maximum absolute atomic E-state index is 12.9. The first kappa shape index (κ1) is 22.2. The second-order valence-electron chi connectivity index (χ2n) is 8.16. The van der Waals surface area contributed by atoms with Crippen LogP contribution < -0.4 is 5.32 Å². The number of nitrogens with zero attached hydrogens (tertiary/aromatic N) is 1. The van der Waals surface area contributed by atoms with Crippen LogP contribution in [0.4, 0.5) is 0 Å². The van der Waals surface area contributed by atoms with E-state index >= 15 is 0 Å². The largest absolute Gasteiger partial charge is 0.467 e. The fourth-order valence-electron chi connectivity index (χ4n) is 3.91. The molecule has 0 aliphatic carbocycles. The van der Waals surface area contributed by atoms with Gasteiger partial charge in [-0.15, -0.1) is 11.8 Å². The van der Waals surface area contributed by atoms with Gasteiger partial charge in [-0.05, 0) is 66.8 Å². The van der Waals surface area contributed by atoms with Crippen molar-refractivity contribution >= 4 is 23.6 Å². The van der Waals surface area contributed by atoms with Gasteiger partial charge in [-0.1, -0.05) is 37.3 Å². The van der Waals surface area contributed by atoms with E-state index in [-0.39, 0.29) is 23.2 Å². The number of hydrogen-bond acceptors (Lipinski definition) is 4. The molecular weight excluding hydrogens is 420 g/mol. The summed E-state index contributed by atoms with van der Waals surface area (Å²) >= 11 is 1.60. The molecule has 32 heavy (non-hydrogen) atoms. The average Bonchev–Trinajstić information content (AvgIpc) is 3.44. The molecule has 2 amide bonds. The van der Waals surface area contributed by atoms with Crippen molar-refractivity contribution in [2.45, 2.75) is 45.2 Å². The van der Waals surface area contributed by atoms with Gasteiger partial charge in [0.25, 0.3) is 5.91 Å². The predicted molar refractivity (Wildman–Crippen MR) is 127 cm³/mol. The molecule has 0 bridgehead atoms. The number of aryl methyl sites for hydroxylation is 2. The molecule has 1 saturated heterocycles. The molecule has 1 aliphatic heterocycles. The van der Waals surface area contributed by atoms with Crippen molar-refractivity contribution in [3.63, 3.8) is 0 Å². The molecule has 0 spiro atoms. The zero-order chi connectivity index (χ0) is 22.7. The highest BCUT2D eigenvalue weighted by Crippen LogP contribution is 2.39. The Morgan fingerprint density at radius 1 is 1.16 bits per heavy atom. The number of thioether (sulfide) groups is 1. The van der Waals surface area contributed by atoms with E-state index in [0.29, 0.717) is 17.9 Å². The van der Waals surface area contributed by atoms with E-state index in [4.69, 9.17) is 4.42 Å². The number of carbonyl (C=O) groups is 2. The van der Waals surface area contributed by atoms with Gasteiger partial charge in [-0.25, -0.2) is 0 Å². The Morgan fingerprint density at radius 2 is 1.94 bits per heavy atom. The normalized spacial score (nSPS) is 16.9. The van der Waals surface area contributed by atoms with Gasteiger partial charge in [-0.3, -0.25) is 9.59 Å². The van der Waals surface area contributed by atoms with Gasteiger partial charge in [0.2, 0.25) is 5.91 Å². The number of carbonyl (C=O) groups excluding carboxylic acids is 2. The van der Waals surface area contributed by atoms with E-state index in [1.54, 1.807) is 18.0 Å². The highest BCUT2D eigenvalue weighted by Gasteiger charge is 2.33. The molecule has 166 valence electrons. The summed E-state index contributed by atoms with van der Waals surface area (Å²) in [6, 6.07) is 17.6. The van der Waals surface area contributed by atoms with Gasteiger partial charge >= 0.3 is 0 Å². The van der Waals surface area contributed by atoms with Gasteiger partial charge in [0.05, 0.1) is 24.6 Å². The van der Waals surface area contributed by atoms with E-state index in [0.717, 1.165) is 23.3 Å². The minimum Gasteiger partial charge on any atom is -0.467 e. The molecule has 3 aromatic rings. The zero-order valence-corrected chi connectivity index (χ0v) is 19.4. The highest BCUT2D eigenvalue weighted by atomic mass is 32.2. The van der Waals surface area contributed by atoms with Gasteiger partial charge in [0.15, 0.2) is 0 Å². The topological polar surface area (TPSA) is 62.6 Å². The molecule has 1 N–H and O–H groups in total. The van der Waals surface area contributed by atoms with Crippen molar-refractivity contribution in [1.29, 1.82) is 0 Å². The van der Waals surface area contributed by atoms with Crippen LogP contribution in [0, 0.1) is 13.8 Å². The molecule has 4 rings (SSSR count). The van der Waals surface area contributed by atoms with Gasteiger partial charge in [-0.2, -0.15) is 0 Å². The van der Waals surface area contributed by atoms with E-state index in [1.165, 1.54) is 11.1 Å². The number of nitrogens with one attached hydrogen (secondary N) is 1. The van der Waals surface area contributed by atoms with E-state index in [2.05, 4.69) is 44.3 Å². The molecule has 0 radical (unpaired) electrons. The number of benzene rings is 2. The standard InChI is InChI=1S/C26H28N2O3S/c1-4-23(21-8-7-17(2)18(3)14-21)27-25(30)19-9-11-20(12-10-19)26-28(24(29)16-32-26)15-22-6-5-13-31-22/h5-14,23,26H,4,15-16H2,1-3H3,(H,27,30)/t23-,26-/m1/s1. The Labute approximate surface area is 193 Å². The summed E-state index contributed by atoms with van der Waals surface area (Å²) in [6.07, 6.45) is 2.43. The lowest BCUT2D eigenvalue weighted by Crippen LogP contribution is -2.29. The summed E-state index contributed by atoms with van der Waals surface area (Å²) in [5, 5.41) is 3.08. The molecule has 6 heteroatoms. The number of hydrogen-bond donors (Lipinski definition) is 1. The van der Waals surface area contributed by atoms with E-state index < -0.39 is 0 Å². The first-order valence-corrected chi connectivity index (χ1v) is 11.9. The maximum Gasteiger partial charge on any atom is 0.251 e. The smallest absolute Gasteiger partial charge is 0.251 e. The van der Waals surface area contributed by atoms with Gasteiger partial charge in [0.1, 0.15) is 11.1 Å². The summed E-state index contributed by atoms with van der Waals surface area (Å²) in [7, 11) is 0. The van der Waals surface area contributed by atoms with Crippen molar-refractivity contribution in [2.24, 2.45) is 0 Å². The summed E-state index contributed by atoms with van der Waals surface area (Å²) in [5.41, 5.74) is 5.21.